The largest absolute Gasteiger partial charge is 0.352 e. The van der Waals surface area contributed by atoms with Gasteiger partial charge in [-0.15, -0.1) is 0 Å². The Morgan fingerprint density at radius 3 is 2.22 bits per heavy atom. The molecule has 0 aromatic heterocycles. The van der Waals surface area contributed by atoms with E-state index < -0.39 is 16.1 Å². The molecule has 0 bridgehead atoms. The number of aryl methyl sites for hydroxylation is 2. The molecule has 0 spiro atoms. The molecule has 0 aliphatic heterocycles. The van der Waals surface area contributed by atoms with Gasteiger partial charge in [-0.05, 0) is 81.0 Å². The van der Waals surface area contributed by atoms with Crippen molar-refractivity contribution in [1.82, 2.24) is 10.2 Å². The maximum atomic E-state index is 13.4. The maximum Gasteiger partial charge on any atom is 0.242 e. The number of rotatable bonds is 11. The highest BCUT2D eigenvalue weighted by Gasteiger charge is 2.28. The van der Waals surface area contributed by atoms with Gasteiger partial charge in [-0.2, -0.15) is 0 Å². The Hall–Kier alpha value is -2.58. The van der Waals surface area contributed by atoms with Crippen LogP contribution in [0.1, 0.15) is 62.1 Å². The Morgan fingerprint density at radius 2 is 1.65 bits per heavy atom. The summed E-state index contributed by atoms with van der Waals surface area (Å²) in [5.74, 6) is -0.361. The van der Waals surface area contributed by atoms with E-state index in [4.69, 9.17) is 11.6 Å². The summed E-state index contributed by atoms with van der Waals surface area (Å²) in [6.07, 6.45) is 5.74. The van der Waals surface area contributed by atoms with E-state index in [-0.39, 0.29) is 37.4 Å². The fraction of sp³-hybridized carbons (Fsp3) is 0.500. The van der Waals surface area contributed by atoms with Gasteiger partial charge in [0.05, 0.1) is 11.9 Å². The zero-order valence-corrected chi connectivity index (χ0v) is 23.7. The molecule has 0 saturated heterocycles. The highest BCUT2D eigenvalue weighted by molar-refractivity contribution is 7.92. The molecule has 9 heteroatoms. The van der Waals surface area contributed by atoms with Crippen LogP contribution in [0.25, 0.3) is 0 Å². The number of amides is 2. The third-order valence-corrected chi connectivity index (χ3v) is 8.23. The number of carbonyl (C=O) groups excluding carboxylic acids is 2. The van der Waals surface area contributed by atoms with Gasteiger partial charge < -0.3 is 10.2 Å². The molecule has 2 aromatic carbocycles. The lowest BCUT2D eigenvalue weighted by atomic mass is 10.1. The van der Waals surface area contributed by atoms with E-state index in [1.54, 1.807) is 24.0 Å². The van der Waals surface area contributed by atoms with Crippen molar-refractivity contribution < 1.29 is 18.0 Å². The van der Waals surface area contributed by atoms with Crippen LogP contribution in [0, 0.1) is 13.8 Å². The lowest BCUT2D eigenvalue weighted by Crippen LogP contribution is -2.49. The standard InChI is InChI=1S/C28H38ClN3O4S/c1-20-16-21(2)18-26(17-20)32(37(4,35)36)15-7-10-27(33)31(19-23-11-13-24(29)14-12-23)22(3)28(34)30-25-8-5-6-9-25/h11-14,16-18,22,25H,5-10,15,19H2,1-4H3,(H,30,34)/t22-/m1/s1. The molecule has 1 fully saturated rings. The van der Waals surface area contributed by atoms with Crippen LogP contribution in [-0.4, -0.2) is 50.0 Å². The summed E-state index contributed by atoms with van der Waals surface area (Å²) in [7, 11) is -3.53. The van der Waals surface area contributed by atoms with Crippen molar-refractivity contribution in [3.05, 3.63) is 64.2 Å². The number of nitrogens with one attached hydrogen (secondary N) is 1. The summed E-state index contributed by atoms with van der Waals surface area (Å²) in [6, 6.07) is 12.4. The van der Waals surface area contributed by atoms with Crippen molar-refractivity contribution in [2.45, 2.75) is 77.9 Å². The van der Waals surface area contributed by atoms with Crippen LogP contribution in [0.15, 0.2) is 42.5 Å². The molecule has 0 unspecified atom stereocenters. The van der Waals surface area contributed by atoms with E-state index in [2.05, 4.69) is 5.32 Å². The highest BCUT2D eigenvalue weighted by atomic mass is 35.5. The average molecular weight is 548 g/mol. The van der Waals surface area contributed by atoms with E-state index in [0.717, 1.165) is 42.4 Å². The second-order valence-corrected chi connectivity index (χ2v) is 12.4. The lowest BCUT2D eigenvalue weighted by molar-refractivity contribution is -0.141. The van der Waals surface area contributed by atoms with Crippen LogP contribution in [0.2, 0.25) is 5.02 Å². The highest BCUT2D eigenvalue weighted by Crippen LogP contribution is 2.23. The molecule has 7 nitrogen and oxygen atoms in total. The smallest absolute Gasteiger partial charge is 0.242 e. The number of halogens is 1. The van der Waals surface area contributed by atoms with Gasteiger partial charge in [0, 0.05) is 30.6 Å². The lowest BCUT2D eigenvalue weighted by Gasteiger charge is -2.30. The SMILES string of the molecule is Cc1cc(C)cc(N(CCCC(=O)N(Cc2ccc(Cl)cc2)[C@H](C)C(=O)NC2CCCC2)S(C)(=O)=O)c1. The van der Waals surface area contributed by atoms with Gasteiger partial charge in [0.15, 0.2) is 0 Å². The molecule has 0 radical (unpaired) electrons. The van der Waals surface area contributed by atoms with Gasteiger partial charge in [0.1, 0.15) is 6.04 Å². The summed E-state index contributed by atoms with van der Waals surface area (Å²) in [6.45, 7) is 6.03. The first kappa shape index (κ1) is 29.0. The summed E-state index contributed by atoms with van der Waals surface area (Å²) in [5, 5.41) is 3.69. The Balaban J connectivity index is 1.73. The van der Waals surface area contributed by atoms with Crippen LogP contribution in [0.3, 0.4) is 0 Å². The quantitative estimate of drug-likeness (QED) is 0.430. The van der Waals surface area contributed by atoms with Crippen LogP contribution in [-0.2, 0) is 26.2 Å². The Bertz CT molecular complexity index is 1170. The van der Waals surface area contributed by atoms with Crippen molar-refractivity contribution >= 4 is 39.1 Å². The van der Waals surface area contributed by atoms with E-state index in [9.17, 15) is 18.0 Å². The number of hydrogen-bond donors (Lipinski definition) is 1. The topological polar surface area (TPSA) is 86.8 Å². The van der Waals surface area contributed by atoms with Crippen LogP contribution >= 0.6 is 11.6 Å². The molecular formula is C28H38ClN3O4S. The minimum atomic E-state index is -3.53. The van der Waals surface area contributed by atoms with Crippen molar-refractivity contribution in [3.8, 4) is 0 Å². The molecule has 2 amide bonds. The van der Waals surface area contributed by atoms with Gasteiger partial charge >= 0.3 is 0 Å². The zero-order valence-electron chi connectivity index (χ0n) is 22.2. The zero-order chi connectivity index (χ0) is 27.2. The van der Waals surface area contributed by atoms with Gasteiger partial charge in [-0.25, -0.2) is 8.42 Å². The Kier molecular flexibility index (Phi) is 10.0. The summed E-state index contributed by atoms with van der Waals surface area (Å²) >= 11 is 6.03. The number of anilines is 1. The van der Waals surface area contributed by atoms with Crippen molar-refractivity contribution in [1.29, 1.82) is 0 Å². The molecular weight excluding hydrogens is 510 g/mol. The van der Waals surface area contributed by atoms with Gasteiger partial charge in [0.2, 0.25) is 21.8 Å². The van der Waals surface area contributed by atoms with Crippen LogP contribution in [0.5, 0.6) is 0 Å². The van der Waals surface area contributed by atoms with Crippen molar-refractivity contribution in [3.63, 3.8) is 0 Å². The maximum absolute atomic E-state index is 13.4. The van der Waals surface area contributed by atoms with Gasteiger partial charge in [-0.3, -0.25) is 13.9 Å². The summed E-state index contributed by atoms with van der Waals surface area (Å²) in [5.41, 5.74) is 3.40. The number of carbonyl (C=O) groups is 2. The molecule has 0 heterocycles. The molecule has 3 rings (SSSR count). The molecule has 202 valence electrons. The second kappa shape index (κ2) is 12.8. The molecule has 1 saturated carbocycles. The fourth-order valence-corrected chi connectivity index (χ4v) is 5.93. The minimum absolute atomic E-state index is 0.117. The predicted octanol–water partition coefficient (Wildman–Crippen LogP) is 4.98. The molecule has 1 atom stereocenters. The first-order valence-electron chi connectivity index (χ1n) is 12.8. The fourth-order valence-electron chi connectivity index (χ4n) is 4.86. The van der Waals surface area contributed by atoms with E-state index >= 15 is 0 Å². The van der Waals surface area contributed by atoms with Crippen molar-refractivity contribution in [2.75, 3.05) is 17.1 Å². The monoisotopic (exact) mass is 547 g/mol. The summed E-state index contributed by atoms with van der Waals surface area (Å²) in [4.78, 5) is 28.0. The molecule has 1 aliphatic carbocycles. The molecule has 1 N–H and O–H groups in total. The van der Waals surface area contributed by atoms with Gasteiger partial charge in [0.25, 0.3) is 0 Å². The first-order chi connectivity index (χ1) is 17.4. The second-order valence-electron chi connectivity index (χ2n) is 10.1. The predicted molar refractivity (Wildman–Crippen MR) is 149 cm³/mol. The first-order valence-corrected chi connectivity index (χ1v) is 15.1. The molecule has 1 aliphatic rings. The van der Waals surface area contributed by atoms with Crippen LogP contribution < -0.4 is 9.62 Å². The average Bonchev–Trinajstić information content (AvgIpc) is 3.32. The molecule has 37 heavy (non-hydrogen) atoms. The number of benzene rings is 2. The Morgan fingerprint density at radius 1 is 1.05 bits per heavy atom. The summed E-state index contributed by atoms with van der Waals surface area (Å²) < 4.78 is 26.5. The third-order valence-electron chi connectivity index (χ3n) is 6.78. The molecule has 2 aromatic rings. The number of nitrogens with zero attached hydrogens (tertiary/aromatic N) is 2. The number of sulfonamides is 1. The normalized spacial score (nSPS) is 14.8. The minimum Gasteiger partial charge on any atom is -0.352 e. The Labute approximate surface area is 226 Å². The van der Waals surface area contributed by atoms with Crippen molar-refractivity contribution in [2.24, 2.45) is 0 Å². The third kappa shape index (κ3) is 8.47. The number of hydrogen-bond acceptors (Lipinski definition) is 4. The van der Waals surface area contributed by atoms with Crippen LogP contribution in [0.4, 0.5) is 5.69 Å². The van der Waals surface area contributed by atoms with E-state index in [0.29, 0.717) is 17.1 Å². The van der Waals surface area contributed by atoms with E-state index in [1.165, 1.54) is 10.6 Å². The van der Waals surface area contributed by atoms with Gasteiger partial charge in [-0.1, -0.05) is 42.6 Å². The van der Waals surface area contributed by atoms with E-state index in [1.807, 2.05) is 44.2 Å².